The topological polar surface area (TPSA) is 66.1 Å². The van der Waals surface area contributed by atoms with E-state index < -0.39 is 0 Å². The smallest absolute Gasteiger partial charge is 0.259 e. The number of nitrogens with one attached hydrogen (secondary N) is 1. The van der Waals surface area contributed by atoms with E-state index in [0.717, 1.165) is 28.7 Å². The fraction of sp³-hybridized carbons (Fsp3) is 0.167. The second-order valence-corrected chi connectivity index (χ2v) is 6.69. The maximum absolute atomic E-state index is 12.3. The van der Waals surface area contributed by atoms with E-state index in [-0.39, 0.29) is 11.5 Å². The summed E-state index contributed by atoms with van der Waals surface area (Å²) in [4.78, 5) is 33.2. The van der Waals surface area contributed by atoms with Gasteiger partial charge in [-0.1, -0.05) is 15.9 Å². The van der Waals surface area contributed by atoms with Crippen molar-refractivity contribution in [2.75, 3.05) is 11.4 Å². The van der Waals surface area contributed by atoms with Crippen molar-refractivity contribution in [1.29, 1.82) is 0 Å². The van der Waals surface area contributed by atoms with Gasteiger partial charge in [0.25, 0.3) is 5.56 Å². The van der Waals surface area contributed by atoms with Crippen molar-refractivity contribution < 1.29 is 4.79 Å². The monoisotopic (exact) mass is 383 g/mol. The minimum Gasteiger partial charge on any atom is -0.312 e. The fourth-order valence-electron chi connectivity index (χ4n) is 2.97. The summed E-state index contributed by atoms with van der Waals surface area (Å²) in [5.74, 6) is 0.680. The average Bonchev–Trinajstić information content (AvgIpc) is 3.01. The number of H-pyrrole nitrogens is 1. The molecule has 120 valence electrons. The second kappa shape index (κ2) is 5.87. The molecule has 0 radical (unpaired) electrons. The summed E-state index contributed by atoms with van der Waals surface area (Å²) in [6.45, 7) is 0.762. The highest BCUT2D eigenvalue weighted by Crippen LogP contribution is 2.25. The molecule has 6 heteroatoms. The standard InChI is InChI=1S/C18H14BrN3O2/c19-12-5-8-15-14(10-12)18(24)21-17(20-15)11-3-6-13(7-4-11)22-9-1-2-16(22)23/h3-8,10H,1-2,9H2,(H,20,21,24). The van der Waals surface area contributed by atoms with Gasteiger partial charge in [-0.05, 0) is 48.9 Å². The van der Waals surface area contributed by atoms with E-state index >= 15 is 0 Å². The molecular weight excluding hydrogens is 370 g/mol. The molecule has 1 aliphatic heterocycles. The Morgan fingerprint density at radius 3 is 2.58 bits per heavy atom. The first-order valence-corrected chi connectivity index (χ1v) is 8.51. The highest BCUT2D eigenvalue weighted by molar-refractivity contribution is 9.10. The molecule has 0 saturated carbocycles. The van der Waals surface area contributed by atoms with Gasteiger partial charge < -0.3 is 9.88 Å². The molecule has 1 amide bonds. The van der Waals surface area contributed by atoms with Crippen molar-refractivity contribution in [3.05, 3.63) is 57.3 Å². The van der Waals surface area contributed by atoms with Crippen molar-refractivity contribution in [3.63, 3.8) is 0 Å². The highest BCUT2D eigenvalue weighted by atomic mass is 79.9. The van der Waals surface area contributed by atoms with Gasteiger partial charge in [-0.3, -0.25) is 9.59 Å². The van der Waals surface area contributed by atoms with Crippen molar-refractivity contribution in [3.8, 4) is 11.4 Å². The number of nitrogens with zero attached hydrogens (tertiary/aromatic N) is 2. The van der Waals surface area contributed by atoms with Gasteiger partial charge in [-0.2, -0.15) is 0 Å². The number of fused-ring (bicyclic) bond motifs is 1. The van der Waals surface area contributed by atoms with Crippen molar-refractivity contribution in [2.45, 2.75) is 12.8 Å². The number of aromatic nitrogens is 2. The van der Waals surface area contributed by atoms with Crippen LogP contribution in [0.1, 0.15) is 12.8 Å². The molecule has 2 aromatic carbocycles. The first-order valence-electron chi connectivity index (χ1n) is 7.72. The lowest BCUT2D eigenvalue weighted by molar-refractivity contribution is -0.117. The lowest BCUT2D eigenvalue weighted by Gasteiger charge is -2.15. The molecule has 24 heavy (non-hydrogen) atoms. The Morgan fingerprint density at radius 2 is 1.88 bits per heavy atom. The molecule has 1 aliphatic rings. The third-order valence-corrected chi connectivity index (χ3v) is 4.69. The molecule has 0 aliphatic carbocycles. The van der Waals surface area contributed by atoms with Crippen LogP contribution in [-0.4, -0.2) is 22.4 Å². The lowest BCUT2D eigenvalue weighted by Crippen LogP contribution is -2.23. The van der Waals surface area contributed by atoms with Gasteiger partial charge in [-0.25, -0.2) is 4.98 Å². The van der Waals surface area contributed by atoms with Crippen LogP contribution >= 0.6 is 15.9 Å². The number of carbonyl (C=O) groups is 1. The summed E-state index contributed by atoms with van der Waals surface area (Å²) in [5, 5.41) is 0.549. The molecule has 3 aromatic rings. The van der Waals surface area contributed by atoms with E-state index in [0.29, 0.717) is 23.1 Å². The number of carbonyl (C=O) groups excluding carboxylic acids is 1. The molecule has 4 rings (SSSR count). The Bertz CT molecular complexity index is 995. The normalized spacial score (nSPS) is 14.5. The van der Waals surface area contributed by atoms with Gasteiger partial charge in [0.05, 0.1) is 10.9 Å². The van der Waals surface area contributed by atoms with E-state index in [4.69, 9.17) is 0 Å². The Labute approximate surface area is 146 Å². The van der Waals surface area contributed by atoms with Crippen LogP contribution < -0.4 is 10.5 Å². The molecular formula is C18H14BrN3O2. The van der Waals surface area contributed by atoms with Gasteiger partial charge >= 0.3 is 0 Å². The van der Waals surface area contributed by atoms with Crippen LogP contribution in [0.15, 0.2) is 51.7 Å². The maximum atomic E-state index is 12.3. The van der Waals surface area contributed by atoms with Crippen LogP contribution in [0.3, 0.4) is 0 Å². The summed E-state index contributed by atoms with van der Waals surface area (Å²) < 4.78 is 0.842. The summed E-state index contributed by atoms with van der Waals surface area (Å²) in [6.07, 6.45) is 1.51. The van der Waals surface area contributed by atoms with Crippen molar-refractivity contribution in [1.82, 2.24) is 9.97 Å². The third-order valence-electron chi connectivity index (χ3n) is 4.19. The average molecular weight is 384 g/mol. The number of hydrogen-bond donors (Lipinski definition) is 1. The number of hydrogen-bond acceptors (Lipinski definition) is 3. The minimum absolute atomic E-state index is 0.158. The fourth-order valence-corrected chi connectivity index (χ4v) is 3.33. The summed E-state index contributed by atoms with van der Waals surface area (Å²) in [7, 11) is 0. The molecule has 5 nitrogen and oxygen atoms in total. The largest absolute Gasteiger partial charge is 0.312 e. The SMILES string of the molecule is O=C1CCCN1c1ccc(-c2nc3ccc(Br)cc3c(=O)[nH]2)cc1. The van der Waals surface area contributed by atoms with Gasteiger partial charge in [0.15, 0.2) is 0 Å². The molecule has 2 heterocycles. The molecule has 1 fully saturated rings. The van der Waals surface area contributed by atoms with E-state index in [1.54, 1.807) is 11.0 Å². The van der Waals surface area contributed by atoms with Gasteiger partial charge in [0.1, 0.15) is 5.82 Å². The Balaban J connectivity index is 1.73. The van der Waals surface area contributed by atoms with E-state index in [9.17, 15) is 9.59 Å². The Kier molecular flexibility index (Phi) is 3.69. The Hall–Kier alpha value is -2.47. The molecule has 1 N–H and O–H groups in total. The van der Waals surface area contributed by atoms with Crippen LogP contribution in [0.5, 0.6) is 0 Å². The van der Waals surface area contributed by atoms with E-state index in [1.807, 2.05) is 36.4 Å². The zero-order valence-electron chi connectivity index (χ0n) is 12.8. The molecule has 1 saturated heterocycles. The number of rotatable bonds is 2. The predicted molar refractivity (Wildman–Crippen MR) is 97.1 cm³/mol. The molecule has 0 atom stereocenters. The molecule has 0 unspecified atom stereocenters. The number of halogens is 1. The predicted octanol–water partition coefficient (Wildman–Crippen LogP) is 3.48. The zero-order chi connectivity index (χ0) is 16.7. The van der Waals surface area contributed by atoms with Crippen LogP contribution in [0.25, 0.3) is 22.3 Å². The number of amides is 1. The summed E-state index contributed by atoms with van der Waals surface area (Å²) in [6, 6.07) is 13.0. The summed E-state index contributed by atoms with van der Waals surface area (Å²) in [5.41, 5.74) is 2.17. The third kappa shape index (κ3) is 2.63. The first kappa shape index (κ1) is 15.1. The Morgan fingerprint density at radius 1 is 1.08 bits per heavy atom. The second-order valence-electron chi connectivity index (χ2n) is 5.77. The van der Waals surface area contributed by atoms with Crippen LogP contribution in [0, 0.1) is 0 Å². The van der Waals surface area contributed by atoms with Crippen molar-refractivity contribution >= 4 is 38.4 Å². The van der Waals surface area contributed by atoms with Gasteiger partial charge in [0.2, 0.25) is 5.91 Å². The van der Waals surface area contributed by atoms with E-state index in [2.05, 4.69) is 25.9 Å². The quantitative estimate of drug-likeness (QED) is 0.736. The first-order chi connectivity index (χ1) is 11.6. The van der Waals surface area contributed by atoms with Crippen LogP contribution in [0.4, 0.5) is 5.69 Å². The number of benzene rings is 2. The summed E-state index contributed by atoms with van der Waals surface area (Å²) >= 11 is 3.36. The lowest BCUT2D eigenvalue weighted by atomic mass is 10.1. The minimum atomic E-state index is -0.171. The van der Waals surface area contributed by atoms with Crippen LogP contribution in [-0.2, 0) is 4.79 Å². The molecule has 0 bridgehead atoms. The highest BCUT2D eigenvalue weighted by Gasteiger charge is 2.21. The van der Waals surface area contributed by atoms with Gasteiger partial charge in [0, 0.05) is 28.7 Å². The number of aromatic amines is 1. The van der Waals surface area contributed by atoms with Crippen molar-refractivity contribution in [2.24, 2.45) is 0 Å². The van der Waals surface area contributed by atoms with Gasteiger partial charge in [-0.15, -0.1) is 0 Å². The molecule has 1 aromatic heterocycles. The zero-order valence-corrected chi connectivity index (χ0v) is 14.3. The van der Waals surface area contributed by atoms with Crippen LogP contribution in [0.2, 0.25) is 0 Å². The van der Waals surface area contributed by atoms with E-state index in [1.165, 1.54) is 0 Å². The maximum Gasteiger partial charge on any atom is 0.259 e. The molecule has 0 spiro atoms. The number of anilines is 1.